The molecule has 0 aliphatic rings. The molecule has 0 unspecified atom stereocenters. The molecule has 0 aliphatic heterocycles. The minimum Gasteiger partial charge on any atom is -0.376 e. The van der Waals surface area contributed by atoms with Crippen molar-refractivity contribution in [3.63, 3.8) is 0 Å². The molecule has 0 fully saturated rings. The molecular weight excluding hydrogens is 166 g/mol. The predicted molar refractivity (Wildman–Crippen MR) is 48.7 cm³/mol. The molecule has 66 valence electrons. The van der Waals surface area contributed by atoms with Gasteiger partial charge in [-0.25, -0.2) is 0 Å². The number of nitrogens with zero attached hydrogens (tertiary/aromatic N) is 1. The molecule has 1 rings (SSSR count). The zero-order chi connectivity index (χ0) is 9.52. The molecule has 0 radical (unpaired) electrons. The van der Waals surface area contributed by atoms with Gasteiger partial charge in [0.15, 0.2) is 6.19 Å². The van der Waals surface area contributed by atoms with Crippen molar-refractivity contribution in [3.8, 4) is 6.19 Å². The van der Waals surface area contributed by atoms with E-state index in [-0.39, 0.29) is 12.5 Å². The van der Waals surface area contributed by atoms with E-state index in [9.17, 15) is 4.79 Å². The van der Waals surface area contributed by atoms with Crippen LogP contribution < -0.4 is 10.6 Å². The van der Waals surface area contributed by atoms with Crippen molar-refractivity contribution in [1.82, 2.24) is 5.32 Å². The highest BCUT2D eigenvalue weighted by molar-refractivity contribution is 5.81. The maximum absolute atomic E-state index is 10.8. The molecule has 0 aliphatic carbocycles. The normalized spacial score (nSPS) is 8.54. The number of hydrogen-bond acceptors (Lipinski definition) is 3. The van der Waals surface area contributed by atoms with Crippen LogP contribution in [-0.2, 0) is 4.79 Å². The van der Waals surface area contributed by atoms with Gasteiger partial charge < -0.3 is 5.32 Å². The summed E-state index contributed by atoms with van der Waals surface area (Å²) in [6, 6.07) is 9.31. The second kappa shape index (κ2) is 4.78. The molecule has 0 bridgehead atoms. The van der Waals surface area contributed by atoms with Crippen LogP contribution in [0.15, 0.2) is 30.3 Å². The molecule has 13 heavy (non-hydrogen) atoms. The standard InChI is InChI=1S/C9H9N3O/c10-7-12-9(13)6-11-8-4-2-1-3-5-8/h1-5,11H,6H2,(H,12,13). The monoisotopic (exact) mass is 175 g/mol. The van der Waals surface area contributed by atoms with Crippen molar-refractivity contribution in [3.05, 3.63) is 30.3 Å². The summed E-state index contributed by atoms with van der Waals surface area (Å²) in [6.45, 7) is 0.109. The van der Waals surface area contributed by atoms with E-state index in [4.69, 9.17) is 5.26 Å². The predicted octanol–water partition coefficient (Wildman–Crippen LogP) is 0.696. The third kappa shape index (κ3) is 3.25. The quantitative estimate of drug-likeness (QED) is 0.525. The lowest BCUT2D eigenvalue weighted by Gasteiger charge is -2.02. The van der Waals surface area contributed by atoms with Crippen LogP contribution in [0.1, 0.15) is 0 Å². The van der Waals surface area contributed by atoms with Gasteiger partial charge in [-0.15, -0.1) is 0 Å². The van der Waals surface area contributed by atoms with Crippen LogP contribution in [-0.4, -0.2) is 12.5 Å². The van der Waals surface area contributed by atoms with Crippen LogP contribution >= 0.6 is 0 Å². The molecule has 0 saturated heterocycles. The first kappa shape index (κ1) is 9.07. The molecular formula is C9H9N3O. The van der Waals surface area contributed by atoms with Gasteiger partial charge in [-0.2, -0.15) is 5.26 Å². The van der Waals surface area contributed by atoms with Crippen LogP contribution in [0.5, 0.6) is 0 Å². The summed E-state index contributed by atoms with van der Waals surface area (Å²) in [5.41, 5.74) is 0.857. The Bertz CT molecular complexity index is 315. The highest BCUT2D eigenvalue weighted by Crippen LogP contribution is 2.03. The molecule has 4 heteroatoms. The summed E-state index contributed by atoms with van der Waals surface area (Å²) in [5.74, 6) is -0.341. The Labute approximate surface area is 76.2 Å². The minimum absolute atomic E-state index is 0.109. The number of anilines is 1. The lowest BCUT2D eigenvalue weighted by atomic mass is 10.3. The largest absolute Gasteiger partial charge is 0.376 e. The fourth-order valence-electron chi connectivity index (χ4n) is 0.845. The smallest absolute Gasteiger partial charge is 0.252 e. The van der Waals surface area contributed by atoms with Gasteiger partial charge >= 0.3 is 0 Å². The molecule has 1 aromatic rings. The Balaban J connectivity index is 2.36. The molecule has 4 nitrogen and oxygen atoms in total. The number of carbonyl (C=O) groups excluding carboxylic acids is 1. The molecule has 0 saturated carbocycles. The van der Waals surface area contributed by atoms with Gasteiger partial charge in [0.2, 0.25) is 0 Å². The van der Waals surface area contributed by atoms with E-state index in [1.807, 2.05) is 35.6 Å². The first-order chi connectivity index (χ1) is 6.33. The first-order valence-electron chi connectivity index (χ1n) is 3.80. The van der Waals surface area contributed by atoms with Gasteiger partial charge in [0.1, 0.15) is 0 Å². The molecule has 0 heterocycles. The second-order valence-electron chi connectivity index (χ2n) is 2.38. The van der Waals surface area contributed by atoms with E-state index in [1.165, 1.54) is 0 Å². The Kier molecular flexibility index (Phi) is 3.33. The fourth-order valence-corrected chi connectivity index (χ4v) is 0.845. The topological polar surface area (TPSA) is 64.9 Å². The maximum Gasteiger partial charge on any atom is 0.252 e. The van der Waals surface area contributed by atoms with Gasteiger partial charge in [0, 0.05) is 5.69 Å². The van der Waals surface area contributed by atoms with Crippen molar-refractivity contribution in [2.45, 2.75) is 0 Å². The number of benzene rings is 1. The zero-order valence-electron chi connectivity index (χ0n) is 6.95. The molecule has 1 amide bonds. The van der Waals surface area contributed by atoms with E-state index >= 15 is 0 Å². The SMILES string of the molecule is N#CNC(=O)CNc1ccccc1. The van der Waals surface area contributed by atoms with Gasteiger partial charge in [-0.05, 0) is 12.1 Å². The number of para-hydroxylation sites is 1. The zero-order valence-corrected chi connectivity index (χ0v) is 6.95. The van der Waals surface area contributed by atoms with E-state index in [2.05, 4.69) is 5.32 Å². The first-order valence-corrected chi connectivity index (χ1v) is 3.80. The summed E-state index contributed by atoms with van der Waals surface area (Å²) >= 11 is 0. The average Bonchev–Trinajstić information content (AvgIpc) is 2.17. The highest BCUT2D eigenvalue weighted by atomic mass is 16.1. The van der Waals surface area contributed by atoms with Crippen molar-refractivity contribution in [1.29, 1.82) is 5.26 Å². The van der Waals surface area contributed by atoms with Gasteiger partial charge in [-0.3, -0.25) is 10.1 Å². The number of nitrogens with one attached hydrogen (secondary N) is 2. The van der Waals surface area contributed by atoms with Crippen LogP contribution in [0, 0.1) is 11.5 Å². The third-order valence-electron chi connectivity index (χ3n) is 1.42. The molecule has 0 spiro atoms. The number of hydrogen-bond donors (Lipinski definition) is 2. The van der Waals surface area contributed by atoms with Gasteiger partial charge in [0.25, 0.3) is 5.91 Å². The Morgan fingerprint density at radius 2 is 2.08 bits per heavy atom. The fraction of sp³-hybridized carbons (Fsp3) is 0.111. The van der Waals surface area contributed by atoms with E-state index < -0.39 is 0 Å². The van der Waals surface area contributed by atoms with Gasteiger partial charge in [0.05, 0.1) is 6.54 Å². The molecule has 0 atom stereocenters. The highest BCUT2D eigenvalue weighted by Gasteiger charge is 1.97. The van der Waals surface area contributed by atoms with E-state index in [1.54, 1.807) is 6.19 Å². The van der Waals surface area contributed by atoms with Crippen LogP contribution in [0.2, 0.25) is 0 Å². The average molecular weight is 175 g/mol. The number of nitriles is 1. The van der Waals surface area contributed by atoms with Gasteiger partial charge in [-0.1, -0.05) is 18.2 Å². The number of amides is 1. The Morgan fingerprint density at radius 3 is 2.69 bits per heavy atom. The lowest BCUT2D eigenvalue weighted by molar-refractivity contribution is -0.118. The van der Waals surface area contributed by atoms with Crippen molar-refractivity contribution in [2.75, 3.05) is 11.9 Å². The molecule has 0 aromatic heterocycles. The van der Waals surface area contributed by atoms with E-state index in [0.29, 0.717) is 0 Å². The molecule has 1 aromatic carbocycles. The second-order valence-corrected chi connectivity index (χ2v) is 2.38. The summed E-state index contributed by atoms with van der Waals surface area (Å²) in [4.78, 5) is 10.8. The minimum atomic E-state index is -0.341. The van der Waals surface area contributed by atoms with Crippen LogP contribution in [0.4, 0.5) is 5.69 Å². The summed E-state index contributed by atoms with van der Waals surface area (Å²) in [7, 11) is 0. The van der Waals surface area contributed by atoms with E-state index in [0.717, 1.165) is 5.69 Å². The number of carbonyl (C=O) groups is 1. The lowest BCUT2D eigenvalue weighted by Crippen LogP contribution is -2.25. The third-order valence-corrected chi connectivity index (χ3v) is 1.42. The van der Waals surface area contributed by atoms with Crippen LogP contribution in [0.3, 0.4) is 0 Å². The summed E-state index contributed by atoms with van der Waals surface area (Å²) < 4.78 is 0. The number of rotatable bonds is 3. The molecule has 2 N–H and O–H groups in total. The van der Waals surface area contributed by atoms with Crippen molar-refractivity contribution >= 4 is 11.6 Å². The summed E-state index contributed by atoms with van der Waals surface area (Å²) in [5, 5.41) is 13.0. The maximum atomic E-state index is 10.8. The van der Waals surface area contributed by atoms with Crippen molar-refractivity contribution < 1.29 is 4.79 Å². The summed E-state index contributed by atoms with van der Waals surface area (Å²) in [6.07, 6.45) is 1.56. The Hall–Kier alpha value is -2.02. The van der Waals surface area contributed by atoms with Crippen molar-refractivity contribution in [2.24, 2.45) is 0 Å². The Morgan fingerprint density at radius 1 is 1.38 bits per heavy atom. The van der Waals surface area contributed by atoms with Crippen LogP contribution in [0.25, 0.3) is 0 Å².